The fourth-order valence-electron chi connectivity index (χ4n) is 3.19. The number of ether oxygens (including phenoxy) is 1. The second-order valence-electron chi connectivity index (χ2n) is 6.38. The van der Waals surface area contributed by atoms with Gasteiger partial charge in [-0.15, -0.1) is 5.10 Å². The number of rotatable bonds is 5. The number of methoxy groups -OCH3 is 1. The molecule has 0 unspecified atom stereocenters. The minimum absolute atomic E-state index is 0.885. The summed E-state index contributed by atoms with van der Waals surface area (Å²) in [6.07, 6.45) is 8.06. The lowest BCUT2D eigenvalue weighted by atomic mass is 10.2. The Kier molecular flexibility index (Phi) is 4.84. The van der Waals surface area contributed by atoms with Crippen molar-refractivity contribution >= 4 is 17.5 Å². The van der Waals surface area contributed by atoms with E-state index in [9.17, 15) is 0 Å². The molecule has 0 saturated carbocycles. The summed E-state index contributed by atoms with van der Waals surface area (Å²) in [4.78, 5) is 9.05. The molecule has 6 nitrogen and oxygen atoms in total. The van der Waals surface area contributed by atoms with Gasteiger partial charge in [-0.05, 0) is 29.8 Å². The quantitative estimate of drug-likeness (QED) is 0.708. The fraction of sp³-hybridized carbons (Fsp3) is 0.300. The lowest BCUT2D eigenvalue weighted by molar-refractivity contribution is 0.283. The predicted octanol–water partition coefficient (Wildman–Crippen LogP) is 2.57. The molecule has 1 saturated heterocycles. The minimum atomic E-state index is 0.885. The summed E-state index contributed by atoms with van der Waals surface area (Å²) >= 11 is 0. The lowest BCUT2D eigenvalue weighted by Gasteiger charge is -2.34. The molecule has 1 aliphatic heterocycles. The van der Waals surface area contributed by atoms with Gasteiger partial charge in [-0.25, -0.2) is 9.50 Å². The maximum absolute atomic E-state index is 5.19. The van der Waals surface area contributed by atoms with Gasteiger partial charge in [0.2, 0.25) is 0 Å². The van der Waals surface area contributed by atoms with Gasteiger partial charge in [-0.3, -0.25) is 4.90 Å². The Bertz CT molecular complexity index is 879. The standard InChI is InChI=1S/C20H23N5O/c1-26-18-6-4-17(5-7-18)3-2-11-23-13-15-24(16-14-23)20-9-8-19-21-10-12-25(19)22-20/h2-10,12H,11,13-16H2,1H3. The number of anilines is 1. The topological polar surface area (TPSA) is 45.9 Å². The van der Waals surface area contributed by atoms with Gasteiger partial charge >= 0.3 is 0 Å². The molecular formula is C20H23N5O. The van der Waals surface area contributed by atoms with Crippen molar-refractivity contribution in [2.24, 2.45) is 0 Å². The summed E-state index contributed by atoms with van der Waals surface area (Å²) in [5.74, 6) is 1.91. The SMILES string of the molecule is COc1ccc(C=CCN2CCN(c3ccc4nccn4n3)CC2)cc1. The van der Waals surface area contributed by atoms with Crippen LogP contribution in [0.25, 0.3) is 11.7 Å². The molecule has 0 atom stereocenters. The molecule has 1 aliphatic rings. The molecule has 4 rings (SSSR count). The molecule has 0 spiro atoms. The predicted molar refractivity (Wildman–Crippen MR) is 104 cm³/mol. The van der Waals surface area contributed by atoms with Gasteiger partial charge < -0.3 is 9.64 Å². The summed E-state index contributed by atoms with van der Waals surface area (Å²) in [5.41, 5.74) is 2.08. The third kappa shape index (κ3) is 3.70. The minimum Gasteiger partial charge on any atom is -0.497 e. The molecule has 2 aromatic heterocycles. The van der Waals surface area contributed by atoms with Crippen LogP contribution in [0, 0.1) is 0 Å². The van der Waals surface area contributed by atoms with Gasteiger partial charge in [0.1, 0.15) is 11.6 Å². The number of benzene rings is 1. The number of piperazine rings is 1. The van der Waals surface area contributed by atoms with Gasteiger partial charge in [0, 0.05) is 45.1 Å². The highest BCUT2D eigenvalue weighted by Gasteiger charge is 2.17. The second kappa shape index (κ2) is 7.58. The van der Waals surface area contributed by atoms with Crippen LogP contribution in [-0.4, -0.2) is 59.3 Å². The van der Waals surface area contributed by atoms with Gasteiger partial charge in [-0.2, -0.15) is 0 Å². The van der Waals surface area contributed by atoms with Crippen molar-refractivity contribution in [2.45, 2.75) is 0 Å². The van der Waals surface area contributed by atoms with Gasteiger partial charge in [0.05, 0.1) is 7.11 Å². The number of hydrogen-bond donors (Lipinski definition) is 0. The first-order chi connectivity index (χ1) is 12.8. The summed E-state index contributed by atoms with van der Waals surface area (Å²) in [5, 5.41) is 4.64. The molecule has 1 fully saturated rings. The molecule has 3 heterocycles. The summed E-state index contributed by atoms with van der Waals surface area (Å²) < 4.78 is 7.02. The average molecular weight is 349 g/mol. The Hall–Kier alpha value is -2.86. The van der Waals surface area contributed by atoms with E-state index in [1.165, 1.54) is 5.56 Å². The van der Waals surface area contributed by atoms with Crippen molar-refractivity contribution in [1.29, 1.82) is 0 Å². The third-order valence-electron chi connectivity index (χ3n) is 4.73. The number of fused-ring (bicyclic) bond motifs is 1. The molecule has 0 N–H and O–H groups in total. The molecule has 0 aliphatic carbocycles. The molecule has 134 valence electrons. The number of imidazole rings is 1. The van der Waals surface area contributed by atoms with Crippen molar-refractivity contribution in [3.63, 3.8) is 0 Å². The molecule has 26 heavy (non-hydrogen) atoms. The van der Waals surface area contributed by atoms with Crippen molar-refractivity contribution in [3.8, 4) is 5.75 Å². The van der Waals surface area contributed by atoms with Crippen LogP contribution in [0.15, 0.2) is 54.9 Å². The highest BCUT2D eigenvalue weighted by Crippen LogP contribution is 2.15. The number of aromatic nitrogens is 3. The van der Waals surface area contributed by atoms with Crippen LogP contribution in [-0.2, 0) is 0 Å². The zero-order valence-electron chi connectivity index (χ0n) is 15.0. The monoisotopic (exact) mass is 349 g/mol. The molecule has 3 aromatic rings. The van der Waals surface area contributed by atoms with Crippen LogP contribution in [0.4, 0.5) is 5.82 Å². The van der Waals surface area contributed by atoms with E-state index >= 15 is 0 Å². The van der Waals surface area contributed by atoms with Gasteiger partial charge in [0.25, 0.3) is 0 Å². The normalized spacial score (nSPS) is 15.8. The fourth-order valence-corrected chi connectivity index (χ4v) is 3.19. The second-order valence-corrected chi connectivity index (χ2v) is 6.38. The Morgan fingerprint density at radius 3 is 2.62 bits per heavy atom. The molecule has 1 aromatic carbocycles. The summed E-state index contributed by atoms with van der Waals surface area (Å²) in [6, 6.07) is 12.2. The van der Waals surface area contributed by atoms with E-state index in [0.29, 0.717) is 0 Å². The van der Waals surface area contributed by atoms with Crippen LogP contribution in [0.3, 0.4) is 0 Å². The highest BCUT2D eigenvalue weighted by atomic mass is 16.5. The first kappa shape index (κ1) is 16.6. The molecule has 0 bridgehead atoms. The maximum Gasteiger partial charge on any atom is 0.153 e. The zero-order valence-corrected chi connectivity index (χ0v) is 15.0. The smallest absolute Gasteiger partial charge is 0.153 e. The van der Waals surface area contributed by atoms with Gasteiger partial charge in [-0.1, -0.05) is 24.3 Å². The molecule has 0 amide bonds. The van der Waals surface area contributed by atoms with E-state index in [1.807, 2.05) is 28.9 Å². The van der Waals surface area contributed by atoms with E-state index in [1.54, 1.807) is 13.3 Å². The first-order valence-electron chi connectivity index (χ1n) is 8.90. The Labute approximate surface area is 153 Å². The summed E-state index contributed by atoms with van der Waals surface area (Å²) in [6.45, 7) is 5.02. The first-order valence-corrected chi connectivity index (χ1v) is 8.90. The van der Waals surface area contributed by atoms with E-state index < -0.39 is 0 Å². The van der Waals surface area contributed by atoms with Crippen molar-refractivity contribution < 1.29 is 4.74 Å². The molecule has 0 radical (unpaired) electrons. The molecule has 6 heteroatoms. The number of nitrogens with zero attached hydrogens (tertiary/aromatic N) is 5. The largest absolute Gasteiger partial charge is 0.497 e. The zero-order chi connectivity index (χ0) is 17.8. The average Bonchev–Trinajstić information content (AvgIpc) is 3.17. The van der Waals surface area contributed by atoms with Gasteiger partial charge in [0.15, 0.2) is 5.65 Å². The van der Waals surface area contributed by atoms with E-state index in [2.05, 4.69) is 50.2 Å². The van der Waals surface area contributed by atoms with Crippen LogP contribution in [0.1, 0.15) is 5.56 Å². The molecular weight excluding hydrogens is 326 g/mol. The maximum atomic E-state index is 5.19. The lowest BCUT2D eigenvalue weighted by Crippen LogP contribution is -2.46. The van der Waals surface area contributed by atoms with Crippen LogP contribution >= 0.6 is 0 Å². The van der Waals surface area contributed by atoms with Crippen LogP contribution in [0.2, 0.25) is 0 Å². The van der Waals surface area contributed by atoms with Crippen molar-refractivity contribution in [2.75, 3.05) is 44.7 Å². The van der Waals surface area contributed by atoms with Crippen molar-refractivity contribution in [3.05, 3.63) is 60.4 Å². The van der Waals surface area contributed by atoms with Crippen LogP contribution < -0.4 is 9.64 Å². The highest BCUT2D eigenvalue weighted by molar-refractivity contribution is 5.51. The van der Waals surface area contributed by atoms with E-state index in [-0.39, 0.29) is 0 Å². The van der Waals surface area contributed by atoms with E-state index in [0.717, 1.165) is 49.9 Å². The Morgan fingerprint density at radius 1 is 1.04 bits per heavy atom. The summed E-state index contributed by atoms with van der Waals surface area (Å²) in [7, 11) is 1.69. The Morgan fingerprint density at radius 2 is 1.85 bits per heavy atom. The number of hydrogen-bond acceptors (Lipinski definition) is 5. The third-order valence-corrected chi connectivity index (χ3v) is 4.73. The van der Waals surface area contributed by atoms with Crippen molar-refractivity contribution in [1.82, 2.24) is 19.5 Å². The Balaban J connectivity index is 1.29. The van der Waals surface area contributed by atoms with E-state index in [4.69, 9.17) is 4.74 Å². The van der Waals surface area contributed by atoms with Crippen LogP contribution in [0.5, 0.6) is 5.75 Å².